The fourth-order valence-corrected chi connectivity index (χ4v) is 3.94. The summed E-state index contributed by atoms with van der Waals surface area (Å²) in [5.41, 5.74) is 8.64. The van der Waals surface area contributed by atoms with Gasteiger partial charge in [-0.25, -0.2) is 9.49 Å². The van der Waals surface area contributed by atoms with Crippen LogP contribution in [0.15, 0.2) is 47.4 Å². The molecule has 0 aliphatic carbocycles. The zero-order valence-corrected chi connectivity index (χ0v) is 16.0. The van der Waals surface area contributed by atoms with Gasteiger partial charge in [-0.2, -0.15) is 10.2 Å². The van der Waals surface area contributed by atoms with Crippen LogP contribution in [0.25, 0.3) is 21.9 Å². The van der Waals surface area contributed by atoms with Gasteiger partial charge in [0.2, 0.25) is 0 Å². The Morgan fingerprint density at radius 1 is 1.13 bits per heavy atom. The molecular weight excluding hydrogens is 387 g/mol. The number of aromatic amines is 1. The van der Waals surface area contributed by atoms with Crippen molar-refractivity contribution in [3.8, 4) is 11.1 Å². The number of H-pyrrole nitrogens is 1. The van der Waals surface area contributed by atoms with E-state index in [0.717, 1.165) is 11.1 Å². The third-order valence-corrected chi connectivity index (χ3v) is 5.41. The summed E-state index contributed by atoms with van der Waals surface area (Å²) in [7, 11) is 1.74. The summed E-state index contributed by atoms with van der Waals surface area (Å²) in [6.45, 7) is 0.492. The molecule has 0 saturated heterocycles. The molecule has 0 saturated carbocycles. The maximum absolute atomic E-state index is 13.6. The van der Waals surface area contributed by atoms with Crippen molar-refractivity contribution < 1.29 is 9.18 Å². The van der Waals surface area contributed by atoms with Crippen LogP contribution >= 0.6 is 0 Å². The van der Waals surface area contributed by atoms with E-state index in [1.54, 1.807) is 41.0 Å². The number of carbonyl (C=O) groups excluding carboxylic acids is 1. The Labute approximate surface area is 169 Å². The molecule has 0 fully saturated rings. The van der Waals surface area contributed by atoms with Crippen LogP contribution < -0.4 is 16.2 Å². The van der Waals surface area contributed by atoms with Gasteiger partial charge in [0.25, 0.3) is 11.5 Å². The lowest BCUT2D eigenvalue weighted by molar-refractivity contribution is 0.0995. The molecule has 3 N–H and O–H groups in total. The van der Waals surface area contributed by atoms with E-state index in [-0.39, 0.29) is 18.0 Å². The minimum atomic E-state index is -0.448. The lowest BCUT2D eigenvalue weighted by Gasteiger charge is -2.18. The largest absolute Gasteiger partial charge is 0.325 e. The number of nitrogens with one attached hydrogen (secondary N) is 1. The number of nitrogens with two attached hydrogens (primary N) is 1. The van der Waals surface area contributed by atoms with Crippen molar-refractivity contribution >= 4 is 22.5 Å². The number of nitrogens with zero attached hydrogens (tertiary/aromatic N) is 4. The highest BCUT2D eigenvalue weighted by Gasteiger charge is 2.32. The number of aryl methyl sites for hydroxylation is 1. The number of anilines is 1. The van der Waals surface area contributed by atoms with E-state index in [2.05, 4.69) is 15.3 Å². The van der Waals surface area contributed by atoms with Crippen molar-refractivity contribution in [2.45, 2.75) is 13.1 Å². The SMILES string of the molecule is Cn1ncc(-c2ccc3c(=O)[nH]nc(CN)c3c2)c1N1Cc2ccc(F)cc2C1=O. The van der Waals surface area contributed by atoms with Crippen LogP contribution in [-0.4, -0.2) is 25.9 Å². The van der Waals surface area contributed by atoms with Gasteiger partial charge in [-0.15, -0.1) is 0 Å². The minimum Gasteiger partial charge on any atom is -0.325 e. The predicted octanol–water partition coefficient (Wildman–Crippen LogP) is 2.08. The summed E-state index contributed by atoms with van der Waals surface area (Å²) in [6, 6.07) is 9.56. The van der Waals surface area contributed by atoms with Crippen molar-refractivity contribution in [1.29, 1.82) is 0 Å². The smallest absolute Gasteiger partial charge is 0.272 e. The van der Waals surface area contributed by atoms with Gasteiger partial charge in [-0.1, -0.05) is 12.1 Å². The summed E-state index contributed by atoms with van der Waals surface area (Å²) in [6.07, 6.45) is 1.66. The van der Waals surface area contributed by atoms with Crippen molar-refractivity contribution in [3.05, 3.63) is 75.6 Å². The molecule has 3 heterocycles. The highest BCUT2D eigenvalue weighted by Crippen LogP contribution is 2.36. The first-order chi connectivity index (χ1) is 14.5. The molecule has 0 bridgehead atoms. The number of fused-ring (bicyclic) bond motifs is 2. The highest BCUT2D eigenvalue weighted by atomic mass is 19.1. The van der Waals surface area contributed by atoms with Crippen molar-refractivity contribution in [1.82, 2.24) is 20.0 Å². The number of carbonyl (C=O) groups is 1. The third-order valence-electron chi connectivity index (χ3n) is 5.41. The standard InChI is InChI=1S/C21H17FN6O2/c1-27-20(28-10-12-2-4-13(22)7-15(12)21(28)30)17(9-24-27)11-3-5-14-16(6-11)18(8-23)25-26-19(14)29/h2-7,9H,8,10,23H2,1H3,(H,26,29). The molecule has 30 heavy (non-hydrogen) atoms. The number of aromatic nitrogens is 4. The monoisotopic (exact) mass is 404 g/mol. The van der Waals surface area contributed by atoms with Gasteiger partial charge >= 0.3 is 0 Å². The molecule has 1 amide bonds. The summed E-state index contributed by atoms with van der Waals surface area (Å²) >= 11 is 0. The molecule has 9 heteroatoms. The van der Waals surface area contributed by atoms with Gasteiger partial charge in [0.05, 0.1) is 23.8 Å². The Hall–Kier alpha value is -3.85. The molecule has 0 atom stereocenters. The number of benzene rings is 2. The molecule has 2 aromatic heterocycles. The van der Waals surface area contributed by atoms with Gasteiger partial charge in [-0.05, 0) is 35.4 Å². The Balaban J connectivity index is 1.65. The summed E-state index contributed by atoms with van der Waals surface area (Å²) in [5, 5.41) is 11.9. The van der Waals surface area contributed by atoms with Crippen LogP contribution in [0.4, 0.5) is 10.2 Å². The second-order valence-electron chi connectivity index (χ2n) is 7.16. The van der Waals surface area contributed by atoms with Crippen LogP contribution in [-0.2, 0) is 20.1 Å². The molecule has 0 unspecified atom stereocenters. The third kappa shape index (κ3) is 2.63. The van der Waals surface area contributed by atoms with Crippen LogP contribution in [0.1, 0.15) is 21.6 Å². The van der Waals surface area contributed by atoms with Crippen LogP contribution in [0.2, 0.25) is 0 Å². The topological polar surface area (TPSA) is 110 Å². The number of hydrogen-bond acceptors (Lipinski definition) is 5. The van der Waals surface area contributed by atoms with E-state index < -0.39 is 5.82 Å². The van der Waals surface area contributed by atoms with E-state index in [0.29, 0.717) is 40.0 Å². The molecule has 0 radical (unpaired) electrons. The van der Waals surface area contributed by atoms with Crippen molar-refractivity contribution in [2.75, 3.05) is 4.90 Å². The maximum Gasteiger partial charge on any atom is 0.272 e. The van der Waals surface area contributed by atoms with Crippen LogP contribution in [0.5, 0.6) is 0 Å². The molecule has 1 aliphatic rings. The quantitative estimate of drug-likeness (QED) is 0.543. The Morgan fingerprint density at radius 3 is 2.77 bits per heavy atom. The van der Waals surface area contributed by atoms with Gasteiger partial charge in [0, 0.05) is 30.1 Å². The molecule has 2 aromatic carbocycles. The fourth-order valence-electron chi connectivity index (χ4n) is 3.94. The Bertz CT molecular complexity index is 1390. The van der Waals surface area contributed by atoms with Gasteiger partial charge < -0.3 is 5.73 Å². The Morgan fingerprint density at radius 2 is 1.97 bits per heavy atom. The summed E-state index contributed by atoms with van der Waals surface area (Å²) in [5.74, 6) is -0.144. The van der Waals surface area contributed by atoms with E-state index in [4.69, 9.17) is 5.73 Å². The fraction of sp³-hybridized carbons (Fsp3) is 0.143. The van der Waals surface area contributed by atoms with Crippen molar-refractivity contribution in [3.63, 3.8) is 0 Å². The lowest BCUT2D eigenvalue weighted by Crippen LogP contribution is -2.26. The zero-order chi connectivity index (χ0) is 21.0. The molecule has 5 rings (SSSR count). The normalized spacial score (nSPS) is 13.3. The number of hydrogen-bond donors (Lipinski definition) is 2. The molecule has 150 valence electrons. The zero-order valence-electron chi connectivity index (χ0n) is 16.0. The maximum atomic E-state index is 13.6. The molecule has 4 aromatic rings. The van der Waals surface area contributed by atoms with E-state index in [1.807, 2.05) is 6.07 Å². The molecule has 0 spiro atoms. The average Bonchev–Trinajstić information content (AvgIpc) is 3.28. The first-order valence-corrected chi connectivity index (χ1v) is 9.32. The van der Waals surface area contributed by atoms with Crippen molar-refractivity contribution in [2.24, 2.45) is 12.8 Å². The minimum absolute atomic E-state index is 0.169. The highest BCUT2D eigenvalue weighted by molar-refractivity contribution is 6.11. The van der Waals surface area contributed by atoms with Crippen LogP contribution in [0, 0.1) is 5.82 Å². The summed E-state index contributed by atoms with van der Waals surface area (Å²) in [4.78, 5) is 26.7. The van der Waals surface area contributed by atoms with Gasteiger partial charge in [0.15, 0.2) is 0 Å². The average molecular weight is 404 g/mol. The number of rotatable bonds is 3. The van der Waals surface area contributed by atoms with Crippen LogP contribution in [0.3, 0.4) is 0 Å². The number of halogens is 1. The Kier molecular flexibility index (Phi) is 4.00. The van der Waals surface area contributed by atoms with E-state index in [1.165, 1.54) is 12.1 Å². The van der Waals surface area contributed by atoms with Gasteiger partial charge in [0.1, 0.15) is 11.6 Å². The predicted molar refractivity (Wildman–Crippen MR) is 109 cm³/mol. The molecular formula is C21H17FN6O2. The summed E-state index contributed by atoms with van der Waals surface area (Å²) < 4.78 is 15.3. The first-order valence-electron chi connectivity index (χ1n) is 9.32. The van der Waals surface area contributed by atoms with E-state index in [9.17, 15) is 14.0 Å². The lowest BCUT2D eigenvalue weighted by atomic mass is 10.0. The van der Waals surface area contributed by atoms with Gasteiger partial charge in [-0.3, -0.25) is 19.2 Å². The second kappa shape index (κ2) is 6.60. The number of amides is 1. The molecule has 1 aliphatic heterocycles. The molecule has 8 nitrogen and oxygen atoms in total. The first kappa shape index (κ1) is 18.2. The van der Waals surface area contributed by atoms with E-state index >= 15 is 0 Å². The second-order valence-corrected chi connectivity index (χ2v) is 7.16.